The smallest absolute Gasteiger partial charge is 0.342 e. The maximum Gasteiger partial charge on any atom is 0.342 e. The molecule has 9 nitrogen and oxygen atoms in total. The van der Waals surface area contributed by atoms with Gasteiger partial charge in [-0.1, -0.05) is 18.2 Å². The summed E-state index contributed by atoms with van der Waals surface area (Å²) in [5, 5.41) is 2.67. The van der Waals surface area contributed by atoms with Crippen molar-refractivity contribution in [3.8, 4) is 11.5 Å². The van der Waals surface area contributed by atoms with Gasteiger partial charge in [0.25, 0.3) is 17.7 Å². The van der Waals surface area contributed by atoms with Gasteiger partial charge in [-0.3, -0.25) is 19.3 Å². The van der Waals surface area contributed by atoms with Crippen LogP contribution >= 0.6 is 0 Å². The van der Waals surface area contributed by atoms with Gasteiger partial charge in [-0.15, -0.1) is 0 Å². The molecule has 0 fully saturated rings. The summed E-state index contributed by atoms with van der Waals surface area (Å²) < 4.78 is 15.7. The van der Waals surface area contributed by atoms with Crippen molar-refractivity contribution in [2.75, 3.05) is 19.5 Å². The lowest BCUT2D eigenvalue weighted by Crippen LogP contribution is -2.30. The van der Waals surface area contributed by atoms with E-state index in [1.807, 2.05) is 0 Å². The maximum absolute atomic E-state index is 12.9. The Kier molecular flexibility index (Phi) is 7.00. The second-order valence-corrected chi connectivity index (χ2v) is 8.04. The van der Waals surface area contributed by atoms with E-state index < -0.39 is 29.8 Å². The second kappa shape index (κ2) is 10.3. The number of nitrogens with zero attached hydrogens (tertiary/aromatic N) is 1. The summed E-state index contributed by atoms with van der Waals surface area (Å²) in [5.41, 5.74) is 1.78. The standard InChI is InChI=1S/C27H24N2O7/c1-16(24(30)28-18-9-11-19(34-2)12-10-18)36-27(33)22-14-17(8-13-23(22)35-3)15-29-25(31)20-6-4-5-7-21(20)26(29)32/h4-14,16H,15H2,1-3H3,(H,28,30). The molecule has 3 aromatic carbocycles. The molecule has 9 heteroatoms. The lowest BCUT2D eigenvalue weighted by Gasteiger charge is -2.17. The Morgan fingerprint density at radius 2 is 1.53 bits per heavy atom. The minimum Gasteiger partial charge on any atom is -0.497 e. The van der Waals surface area contributed by atoms with Crippen molar-refractivity contribution in [1.82, 2.24) is 4.90 Å². The van der Waals surface area contributed by atoms with Gasteiger partial charge in [0.05, 0.1) is 31.9 Å². The highest BCUT2D eigenvalue weighted by Crippen LogP contribution is 2.27. The summed E-state index contributed by atoms with van der Waals surface area (Å²) in [6, 6.07) is 18.0. The average molecular weight is 488 g/mol. The Labute approximate surface area is 207 Å². The summed E-state index contributed by atoms with van der Waals surface area (Å²) in [4.78, 5) is 52.0. The SMILES string of the molecule is COc1ccc(NC(=O)C(C)OC(=O)c2cc(CN3C(=O)c4ccccc4C3=O)ccc2OC)cc1. The Morgan fingerprint density at radius 1 is 0.889 bits per heavy atom. The molecule has 3 aromatic rings. The van der Waals surface area contributed by atoms with Gasteiger partial charge in [0, 0.05) is 5.69 Å². The number of ether oxygens (including phenoxy) is 3. The summed E-state index contributed by atoms with van der Waals surface area (Å²) in [6.07, 6.45) is -1.11. The number of anilines is 1. The molecule has 1 aliphatic rings. The van der Waals surface area contributed by atoms with Crippen LogP contribution in [0.5, 0.6) is 11.5 Å². The van der Waals surface area contributed by atoms with Crippen LogP contribution in [-0.4, -0.2) is 48.9 Å². The molecule has 1 N–H and O–H groups in total. The first-order chi connectivity index (χ1) is 17.3. The fourth-order valence-electron chi connectivity index (χ4n) is 3.77. The minimum atomic E-state index is -1.11. The molecule has 0 radical (unpaired) electrons. The summed E-state index contributed by atoms with van der Waals surface area (Å²) in [5.74, 6) is -1.24. The van der Waals surface area contributed by atoms with Crippen LogP contribution in [-0.2, 0) is 16.1 Å². The Bertz CT molecular complexity index is 1300. The molecule has 0 bridgehead atoms. The van der Waals surface area contributed by atoms with Crippen LogP contribution in [0.1, 0.15) is 43.6 Å². The number of methoxy groups -OCH3 is 2. The molecule has 3 amide bonds. The molecule has 1 atom stereocenters. The zero-order valence-corrected chi connectivity index (χ0v) is 19.9. The minimum absolute atomic E-state index is 0.0376. The number of esters is 1. The highest BCUT2D eigenvalue weighted by molar-refractivity contribution is 6.21. The van der Waals surface area contributed by atoms with Gasteiger partial charge in [0.1, 0.15) is 17.1 Å². The number of nitrogens with one attached hydrogen (secondary N) is 1. The van der Waals surface area contributed by atoms with E-state index in [4.69, 9.17) is 14.2 Å². The van der Waals surface area contributed by atoms with Crippen LogP contribution in [0, 0.1) is 0 Å². The van der Waals surface area contributed by atoms with Gasteiger partial charge in [0.15, 0.2) is 6.10 Å². The van der Waals surface area contributed by atoms with Crippen molar-refractivity contribution in [3.63, 3.8) is 0 Å². The molecule has 1 heterocycles. The van der Waals surface area contributed by atoms with E-state index in [2.05, 4.69) is 5.32 Å². The maximum atomic E-state index is 12.9. The molecular weight excluding hydrogens is 464 g/mol. The molecule has 4 rings (SSSR count). The Hall–Kier alpha value is -4.66. The zero-order chi connectivity index (χ0) is 25.8. The monoisotopic (exact) mass is 488 g/mol. The number of hydrogen-bond donors (Lipinski definition) is 1. The van der Waals surface area contributed by atoms with Crippen LogP contribution in [0.3, 0.4) is 0 Å². The lowest BCUT2D eigenvalue weighted by atomic mass is 10.1. The molecule has 1 unspecified atom stereocenters. The number of fused-ring (bicyclic) bond motifs is 1. The molecule has 184 valence electrons. The number of imide groups is 1. The van der Waals surface area contributed by atoms with Crippen LogP contribution in [0.2, 0.25) is 0 Å². The number of carbonyl (C=O) groups excluding carboxylic acids is 4. The van der Waals surface area contributed by atoms with Crippen LogP contribution in [0.4, 0.5) is 5.69 Å². The third-order valence-electron chi connectivity index (χ3n) is 5.71. The van der Waals surface area contributed by atoms with Crippen LogP contribution < -0.4 is 14.8 Å². The molecule has 0 aromatic heterocycles. The first kappa shape index (κ1) is 24.5. The second-order valence-electron chi connectivity index (χ2n) is 8.04. The van der Waals surface area contributed by atoms with Crippen molar-refractivity contribution in [2.24, 2.45) is 0 Å². The number of benzene rings is 3. The van der Waals surface area contributed by atoms with Crippen LogP contribution in [0.15, 0.2) is 66.7 Å². The largest absolute Gasteiger partial charge is 0.497 e. The number of carbonyl (C=O) groups is 4. The summed E-state index contributed by atoms with van der Waals surface area (Å²) in [7, 11) is 2.94. The fraction of sp³-hybridized carbons (Fsp3) is 0.185. The number of rotatable bonds is 8. The van der Waals surface area contributed by atoms with Crippen molar-refractivity contribution < 1.29 is 33.4 Å². The van der Waals surface area contributed by atoms with Gasteiger partial charge >= 0.3 is 5.97 Å². The zero-order valence-electron chi connectivity index (χ0n) is 19.9. The van der Waals surface area contributed by atoms with Crippen molar-refractivity contribution in [2.45, 2.75) is 19.6 Å². The topological polar surface area (TPSA) is 111 Å². The summed E-state index contributed by atoms with van der Waals surface area (Å²) in [6.45, 7) is 1.41. The van der Waals surface area contributed by atoms with Gasteiger partial charge in [0.2, 0.25) is 0 Å². The number of hydrogen-bond acceptors (Lipinski definition) is 7. The lowest BCUT2D eigenvalue weighted by molar-refractivity contribution is -0.123. The third kappa shape index (κ3) is 4.90. The van der Waals surface area contributed by atoms with Gasteiger partial charge in [-0.05, 0) is 61.0 Å². The van der Waals surface area contributed by atoms with E-state index in [1.54, 1.807) is 60.7 Å². The Balaban J connectivity index is 1.46. The van der Waals surface area contributed by atoms with Gasteiger partial charge in [-0.2, -0.15) is 0 Å². The van der Waals surface area contributed by atoms with E-state index in [0.29, 0.717) is 28.1 Å². The van der Waals surface area contributed by atoms with Crippen molar-refractivity contribution >= 4 is 29.4 Å². The van der Waals surface area contributed by atoms with E-state index in [1.165, 1.54) is 27.2 Å². The molecular formula is C27H24N2O7. The van der Waals surface area contributed by atoms with Crippen molar-refractivity contribution in [3.05, 3.63) is 89.0 Å². The van der Waals surface area contributed by atoms with E-state index in [9.17, 15) is 19.2 Å². The molecule has 1 aliphatic heterocycles. The van der Waals surface area contributed by atoms with Crippen LogP contribution in [0.25, 0.3) is 0 Å². The highest BCUT2D eigenvalue weighted by Gasteiger charge is 2.35. The molecule has 0 saturated heterocycles. The molecule has 0 saturated carbocycles. The predicted molar refractivity (Wildman–Crippen MR) is 130 cm³/mol. The van der Waals surface area contributed by atoms with E-state index >= 15 is 0 Å². The molecule has 0 spiro atoms. The van der Waals surface area contributed by atoms with Gasteiger partial charge in [-0.25, -0.2) is 4.79 Å². The van der Waals surface area contributed by atoms with E-state index in [0.717, 1.165) is 4.90 Å². The highest BCUT2D eigenvalue weighted by atomic mass is 16.5. The van der Waals surface area contributed by atoms with E-state index in [-0.39, 0.29) is 17.9 Å². The fourth-order valence-corrected chi connectivity index (χ4v) is 3.77. The normalized spacial score (nSPS) is 13.1. The number of amides is 3. The predicted octanol–water partition coefficient (Wildman–Crippen LogP) is 3.68. The third-order valence-corrected chi connectivity index (χ3v) is 5.71. The summed E-state index contributed by atoms with van der Waals surface area (Å²) >= 11 is 0. The Morgan fingerprint density at radius 3 is 2.11 bits per heavy atom. The van der Waals surface area contributed by atoms with Crippen molar-refractivity contribution in [1.29, 1.82) is 0 Å². The quantitative estimate of drug-likeness (QED) is 0.380. The molecule has 0 aliphatic carbocycles. The first-order valence-corrected chi connectivity index (χ1v) is 11.1. The molecule has 36 heavy (non-hydrogen) atoms. The first-order valence-electron chi connectivity index (χ1n) is 11.1. The van der Waals surface area contributed by atoms with Gasteiger partial charge < -0.3 is 19.5 Å². The average Bonchev–Trinajstić information content (AvgIpc) is 3.13.